The molecule has 0 aromatic rings. The Hall–Kier alpha value is -0.170. The Morgan fingerprint density at radius 3 is 1.95 bits per heavy atom. The summed E-state index contributed by atoms with van der Waals surface area (Å²) in [4.78, 5) is 2.01. The second-order valence-electron chi connectivity index (χ2n) is 6.47. The smallest absolute Gasteiger partial charge is 0.218 e. The van der Waals surface area contributed by atoms with E-state index in [-0.39, 0.29) is 0 Å². The van der Waals surface area contributed by atoms with Gasteiger partial charge < -0.3 is 10.2 Å². The van der Waals surface area contributed by atoms with E-state index in [9.17, 15) is 8.42 Å². The van der Waals surface area contributed by atoms with Crippen LogP contribution in [0.5, 0.6) is 0 Å². The Kier molecular flexibility index (Phi) is 8.90. The monoisotopic (exact) mass is 307 g/mol. The zero-order chi connectivity index (χ0) is 15.9. The molecule has 0 saturated heterocycles. The third-order valence-corrected chi connectivity index (χ3v) is 5.28. The number of rotatable bonds is 10. The minimum absolute atomic E-state index is 0.299. The molecule has 0 aromatic carbocycles. The molecule has 0 aromatic heterocycles. The molecular formula is C14H33N3O2S. The molecule has 0 bridgehead atoms. The van der Waals surface area contributed by atoms with Crippen LogP contribution in [0.2, 0.25) is 0 Å². The Labute approximate surface area is 125 Å². The molecule has 0 amide bonds. The average molecular weight is 308 g/mol. The first kappa shape index (κ1) is 19.8. The van der Waals surface area contributed by atoms with E-state index in [1.807, 2.05) is 32.8 Å². The van der Waals surface area contributed by atoms with E-state index in [4.69, 9.17) is 0 Å². The van der Waals surface area contributed by atoms with E-state index in [2.05, 4.69) is 19.2 Å². The summed E-state index contributed by atoms with van der Waals surface area (Å²) in [6, 6.07) is 0.299. The summed E-state index contributed by atoms with van der Waals surface area (Å²) in [7, 11) is 0.681. The Morgan fingerprint density at radius 2 is 1.55 bits per heavy atom. The van der Waals surface area contributed by atoms with E-state index in [1.54, 1.807) is 11.2 Å². The molecule has 5 nitrogen and oxygen atoms in total. The third kappa shape index (κ3) is 7.57. The van der Waals surface area contributed by atoms with Crippen molar-refractivity contribution in [2.75, 3.05) is 40.3 Å². The summed E-state index contributed by atoms with van der Waals surface area (Å²) in [6.07, 6.45) is 0. The van der Waals surface area contributed by atoms with Crippen LogP contribution in [-0.4, -0.2) is 69.2 Å². The summed E-state index contributed by atoms with van der Waals surface area (Å²) in [5.74, 6) is 0.331. The van der Waals surface area contributed by atoms with Crippen molar-refractivity contribution in [3.05, 3.63) is 0 Å². The highest BCUT2D eigenvalue weighted by Gasteiger charge is 2.29. The number of nitrogens with zero attached hydrogens (tertiary/aromatic N) is 2. The maximum atomic E-state index is 12.7. The van der Waals surface area contributed by atoms with Gasteiger partial charge in [0, 0.05) is 32.2 Å². The fraction of sp³-hybridized carbons (Fsp3) is 1.00. The summed E-state index contributed by atoms with van der Waals surface area (Å²) >= 11 is 0. The van der Waals surface area contributed by atoms with Crippen molar-refractivity contribution >= 4 is 10.0 Å². The molecule has 0 aliphatic carbocycles. The predicted octanol–water partition coefficient (Wildman–Crippen LogP) is 1.22. The Morgan fingerprint density at radius 1 is 1.00 bits per heavy atom. The Bertz CT molecular complexity index is 353. The standard InChI is InChI=1S/C14H33N3O2S/c1-12(2)11-17(9-8-16(6)7)20(18,19)14(5)10-15-13(3)4/h12-15H,8-11H2,1-7H3. The first-order valence-corrected chi connectivity index (χ1v) is 8.94. The van der Waals surface area contributed by atoms with Gasteiger partial charge in [0.15, 0.2) is 0 Å². The van der Waals surface area contributed by atoms with E-state index in [0.717, 1.165) is 6.54 Å². The van der Waals surface area contributed by atoms with E-state index in [1.165, 1.54) is 0 Å². The molecule has 1 atom stereocenters. The van der Waals surface area contributed by atoms with Crippen LogP contribution in [-0.2, 0) is 10.0 Å². The predicted molar refractivity (Wildman–Crippen MR) is 86.5 cm³/mol. The number of hydrogen-bond donors (Lipinski definition) is 1. The van der Waals surface area contributed by atoms with Crippen LogP contribution in [0.3, 0.4) is 0 Å². The summed E-state index contributed by atoms with van der Waals surface area (Å²) < 4.78 is 27.0. The number of sulfonamides is 1. The zero-order valence-electron chi connectivity index (χ0n) is 14.2. The average Bonchev–Trinajstić information content (AvgIpc) is 2.30. The van der Waals surface area contributed by atoms with Crippen molar-refractivity contribution in [2.24, 2.45) is 5.92 Å². The molecule has 122 valence electrons. The number of nitrogens with one attached hydrogen (secondary N) is 1. The molecule has 0 heterocycles. The third-order valence-electron chi connectivity index (χ3n) is 3.05. The second kappa shape index (κ2) is 8.97. The molecular weight excluding hydrogens is 274 g/mol. The molecule has 1 unspecified atom stereocenters. The molecule has 0 aliphatic heterocycles. The van der Waals surface area contributed by atoms with Crippen LogP contribution in [0.4, 0.5) is 0 Å². The van der Waals surface area contributed by atoms with Gasteiger partial charge in [0.2, 0.25) is 10.0 Å². The van der Waals surface area contributed by atoms with Crippen molar-refractivity contribution in [1.29, 1.82) is 0 Å². The van der Waals surface area contributed by atoms with E-state index >= 15 is 0 Å². The maximum absolute atomic E-state index is 12.7. The largest absolute Gasteiger partial charge is 0.313 e. The van der Waals surface area contributed by atoms with Gasteiger partial charge in [-0.1, -0.05) is 27.7 Å². The van der Waals surface area contributed by atoms with Crippen molar-refractivity contribution in [2.45, 2.75) is 45.9 Å². The molecule has 20 heavy (non-hydrogen) atoms. The first-order valence-electron chi connectivity index (χ1n) is 7.44. The van der Waals surface area contributed by atoms with Gasteiger partial charge in [-0.3, -0.25) is 0 Å². The number of hydrogen-bond acceptors (Lipinski definition) is 4. The van der Waals surface area contributed by atoms with Gasteiger partial charge in [-0.25, -0.2) is 12.7 Å². The fourth-order valence-electron chi connectivity index (χ4n) is 1.80. The lowest BCUT2D eigenvalue weighted by Gasteiger charge is -2.28. The van der Waals surface area contributed by atoms with Crippen LogP contribution in [0.15, 0.2) is 0 Å². The van der Waals surface area contributed by atoms with Crippen LogP contribution in [0.25, 0.3) is 0 Å². The van der Waals surface area contributed by atoms with Crippen LogP contribution < -0.4 is 5.32 Å². The quantitative estimate of drug-likeness (QED) is 0.659. The maximum Gasteiger partial charge on any atom is 0.218 e. The van der Waals surface area contributed by atoms with Crippen molar-refractivity contribution in [1.82, 2.24) is 14.5 Å². The normalized spacial score (nSPS) is 14.8. The molecule has 0 aliphatic rings. The van der Waals surface area contributed by atoms with Crippen LogP contribution in [0.1, 0.15) is 34.6 Å². The molecule has 0 spiro atoms. The minimum Gasteiger partial charge on any atom is -0.313 e. The highest BCUT2D eigenvalue weighted by Crippen LogP contribution is 2.11. The lowest BCUT2D eigenvalue weighted by Crippen LogP contribution is -2.46. The van der Waals surface area contributed by atoms with Gasteiger partial charge in [-0.15, -0.1) is 0 Å². The lowest BCUT2D eigenvalue weighted by atomic mass is 10.2. The lowest BCUT2D eigenvalue weighted by molar-refractivity contribution is 0.310. The van der Waals surface area contributed by atoms with Crippen molar-refractivity contribution in [3.63, 3.8) is 0 Å². The SMILES string of the molecule is CC(C)CN(CCN(C)C)S(=O)(=O)C(C)CNC(C)C. The first-order chi connectivity index (χ1) is 9.07. The summed E-state index contributed by atoms with van der Waals surface area (Å²) in [5, 5.41) is 2.81. The fourth-order valence-corrected chi connectivity index (χ4v) is 3.46. The highest BCUT2D eigenvalue weighted by atomic mass is 32.2. The highest BCUT2D eigenvalue weighted by molar-refractivity contribution is 7.89. The molecule has 1 N–H and O–H groups in total. The summed E-state index contributed by atoms with van der Waals surface area (Å²) in [5.41, 5.74) is 0. The topological polar surface area (TPSA) is 52.7 Å². The second-order valence-corrected chi connectivity index (χ2v) is 8.82. The van der Waals surface area contributed by atoms with Crippen LogP contribution in [0, 0.1) is 5.92 Å². The molecule has 6 heteroatoms. The van der Waals surface area contributed by atoms with Crippen LogP contribution >= 0.6 is 0 Å². The number of likely N-dealkylation sites (N-methyl/N-ethyl adjacent to an activating group) is 1. The van der Waals surface area contributed by atoms with E-state index < -0.39 is 15.3 Å². The molecule has 0 radical (unpaired) electrons. The van der Waals surface area contributed by atoms with Crippen molar-refractivity contribution < 1.29 is 8.42 Å². The van der Waals surface area contributed by atoms with Gasteiger partial charge in [0.05, 0.1) is 5.25 Å². The minimum atomic E-state index is -3.24. The van der Waals surface area contributed by atoms with Gasteiger partial charge in [-0.2, -0.15) is 0 Å². The zero-order valence-corrected chi connectivity index (χ0v) is 15.0. The van der Waals surface area contributed by atoms with Gasteiger partial charge in [-0.05, 0) is 26.9 Å². The van der Waals surface area contributed by atoms with E-state index in [0.29, 0.717) is 31.6 Å². The van der Waals surface area contributed by atoms with Crippen molar-refractivity contribution in [3.8, 4) is 0 Å². The summed E-state index contributed by atoms with van der Waals surface area (Å²) in [6.45, 7) is 12.3. The molecule has 0 rings (SSSR count). The Balaban J connectivity index is 4.82. The molecule has 0 fully saturated rings. The molecule has 0 saturated carbocycles. The van der Waals surface area contributed by atoms with Gasteiger partial charge >= 0.3 is 0 Å². The van der Waals surface area contributed by atoms with Gasteiger partial charge in [0.1, 0.15) is 0 Å². The van der Waals surface area contributed by atoms with Gasteiger partial charge in [0.25, 0.3) is 0 Å².